The summed E-state index contributed by atoms with van der Waals surface area (Å²) in [6, 6.07) is 8.34. The highest BCUT2D eigenvalue weighted by molar-refractivity contribution is 7.88. The summed E-state index contributed by atoms with van der Waals surface area (Å²) in [5.74, 6) is -0.0551. The number of nitrogens with one attached hydrogen (secondary N) is 1. The third-order valence-electron chi connectivity index (χ3n) is 4.72. The Balaban J connectivity index is 1.78. The fourth-order valence-electron chi connectivity index (χ4n) is 3.20. The van der Waals surface area contributed by atoms with Crippen LogP contribution in [-0.2, 0) is 14.8 Å². The van der Waals surface area contributed by atoms with Gasteiger partial charge in [-0.2, -0.15) is 0 Å². The summed E-state index contributed by atoms with van der Waals surface area (Å²) in [5.41, 5.74) is 2.39. The van der Waals surface area contributed by atoms with Crippen LogP contribution in [0.1, 0.15) is 25.3 Å². The molecule has 1 aliphatic rings. The molecule has 7 heteroatoms. The highest BCUT2D eigenvalue weighted by atomic mass is 32.2. The van der Waals surface area contributed by atoms with Crippen molar-refractivity contribution in [2.24, 2.45) is 5.92 Å². The Labute approximate surface area is 151 Å². The van der Waals surface area contributed by atoms with Gasteiger partial charge in [-0.05, 0) is 44.4 Å². The van der Waals surface area contributed by atoms with Crippen LogP contribution in [0.2, 0.25) is 0 Å². The second-order valence-corrected chi connectivity index (χ2v) is 8.63. The Bertz CT molecular complexity index is 683. The van der Waals surface area contributed by atoms with E-state index in [1.54, 1.807) is 0 Å². The van der Waals surface area contributed by atoms with Crippen LogP contribution in [0, 0.1) is 12.8 Å². The highest BCUT2D eigenvalue weighted by Gasteiger charge is 2.28. The van der Waals surface area contributed by atoms with Crippen LogP contribution in [-0.4, -0.2) is 57.6 Å². The molecule has 0 atom stereocenters. The summed E-state index contributed by atoms with van der Waals surface area (Å²) >= 11 is 0. The summed E-state index contributed by atoms with van der Waals surface area (Å²) in [7, 11) is -3.15. The fourth-order valence-corrected chi connectivity index (χ4v) is 4.08. The van der Waals surface area contributed by atoms with Crippen molar-refractivity contribution < 1.29 is 13.2 Å². The average molecular weight is 368 g/mol. The average Bonchev–Trinajstić information content (AvgIpc) is 2.58. The molecular weight excluding hydrogens is 338 g/mol. The maximum atomic E-state index is 12.3. The lowest BCUT2D eigenvalue weighted by Gasteiger charge is -2.30. The minimum atomic E-state index is -3.15. The summed E-state index contributed by atoms with van der Waals surface area (Å²) in [6.45, 7) is 7.27. The predicted octanol–water partition coefficient (Wildman–Crippen LogP) is 1.61. The Morgan fingerprint density at radius 2 is 2.00 bits per heavy atom. The smallest absolute Gasteiger partial charge is 0.223 e. The van der Waals surface area contributed by atoms with Crippen LogP contribution in [0.25, 0.3) is 0 Å². The topological polar surface area (TPSA) is 69.7 Å². The van der Waals surface area contributed by atoms with Crippen molar-refractivity contribution in [2.75, 3.05) is 43.9 Å². The molecule has 1 aliphatic heterocycles. The van der Waals surface area contributed by atoms with Gasteiger partial charge in [0.05, 0.1) is 6.26 Å². The number of aryl methyl sites for hydroxylation is 1. The van der Waals surface area contributed by atoms with Gasteiger partial charge in [0.1, 0.15) is 0 Å². The first-order valence-electron chi connectivity index (χ1n) is 8.85. The number of benzene rings is 1. The molecule has 1 saturated heterocycles. The number of piperidine rings is 1. The zero-order valence-corrected chi connectivity index (χ0v) is 16.2. The van der Waals surface area contributed by atoms with Gasteiger partial charge in [-0.3, -0.25) is 4.79 Å². The number of anilines is 1. The van der Waals surface area contributed by atoms with E-state index in [-0.39, 0.29) is 11.8 Å². The number of sulfonamides is 1. The summed E-state index contributed by atoms with van der Waals surface area (Å²) < 4.78 is 24.5. The maximum absolute atomic E-state index is 12.3. The molecular formula is C18H29N3O3S. The Morgan fingerprint density at radius 3 is 2.56 bits per heavy atom. The third-order valence-corrected chi connectivity index (χ3v) is 6.03. The summed E-state index contributed by atoms with van der Waals surface area (Å²) in [4.78, 5) is 14.6. The van der Waals surface area contributed by atoms with Crippen LogP contribution in [0.5, 0.6) is 0 Å². The number of hydrogen-bond acceptors (Lipinski definition) is 4. The normalized spacial score (nSPS) is 16.6. The van der Waals surface area contributed by atoms with Gasteiger partial charge in [-0.25, -0.2) is 12.7 Å². The van der Waals surface area contributed by atoms with Crippen LogP contribution in [0.3, 0.4) is 0 Å². The van der Waals surface area contributed by atoms with E-state index >= 15 is 0 Å². The molecule has 0 aliphatic carbocycles. The SMILES string of the molecule is CCN(CCNC(=O)C1CCN(S(C)(=O)=O)CC1)c1cccc(C)c1. The minimum absolute atomic E-state index is 0.0356. The molecule has 1 N–H and O–H groups in total. The zero-order chi connectivity index (χ0) is 18.4. The van der Waals surface area contributed by atoms with Crippen molar-refractivity contribution in [3.63, 3.8) is 0 Å². The molecule has 2 rings (SSSR count). The lowest BCUT2D eigenvalue weighted by Crippen LogP contribution is -2.44. The Morgan fingerprint density at radius 1 is 1.32 bits per heavy atom. The number of hydrogen-bond donors (Lipinski definition) is 1. The van der Waals surface area contributed by atoms with Crippen LogP contribution in [0.4, 0.5) is 5.69 Å². The molecule has 0 aromatic heterocycles. The van der Waals surface area contributed by atoms with Gasteiger partial charge in [0.25, 0.3) is 0 Å². The molecule has 1 aromatic rings. The summed E-state index contributed by atoms with van der Waals surface area (Å²) in [5, 5.41) is 3.01. The standard InChI is InChI=1S/C18H29N3O3S/c1-4-20(17-7-5-6-15(2)14-17)13-10-19-18(22)16-8-11-21(12-9-16)25(3,23)24/h5-7,14,16H,4,8-13H2,1-3H3,(H,19,22). The van der Waals surface area contributed by atoms with Crippen LogP contribution >= 0.6 is 0 Å². The van der Waals surface area contributed by atoms with E-state index in [4.69, 9.17) is 0 Å². The lowest BCUT2D eigenvalue weighted by atomic mass is 9.97. The monoisotopic (exact) mass is 367 g/mol. The number of nitrogens with zero attached hydrogens (tertiary/aromatic N) is 2. The number of amides is 1. The van der Waals surface area contributed by atoms with Crippen molar-refractivity contribution in [3.8, 4) is 0 Å². The molecule has 1 heterocycles. The molecule has 0 unspecified atom stereocenters. The van der Waals surface area contributed by atoms with E-state index in [0.29, 0.717) is 32.5 Å². The van der Waals surface area contributed by atoms with Crippen LogP contribution in [0.15, 0.2) is 24.3 Å². The largest absolute Gasteiger partial charge is 0.370 e. The molecule has 25 heavy (non-hydrogen) atoms. The van der Waals surface area contributed by atoms with Gasteiger partial charge in [-0.15, -0.1) is 0 Å². The van der Waals surface area contributed by atoms with Gasteiger partial charge < -0.3 is 10.2 Å². The van der Waals surface area contributed by atoms with Crippen molar-refractivity contribution in [3.05, 3.63) is 29.8 Å². The molecule has 140 valence electrons. The number of rotatable bonds is 7. The molecule has 0 spiro atoms. The molecule has 0 radical (unpaired) electrons. The predicted molar refractivity (Wildman–Crippen MR) is 101 cm³/mol. The number of likely N-dealkylation sites (N-methyl/N-ethyl adjacent to an activating group) is 1. The van der Waals surface area contributed by atoms with E-state index < -0.39 is 10.0 Å². The van der Waals surface area contributed by atoms with Crippen molar-refractivity contribution in [2.45, 2.75) is 26.7 Å². The fraction of sp³-hybridized carbons (Fsp3) is 0.611. The van der Waals surface area contributed by atoms with Gasteiger partial charge in [0.15, 0.2) is 0 Å². The van der Waals surface area contributed by atoms with Crippen LogP contribution < -0.4 is 10.2 Å². The molecule has 1 aromatic carbocycles. The maximum Gasteiger partial charge on any atom is 0.223 e. The highest BCUT2D eigenvalue weighted by Crippen LogP contribution is 2.19. The second-order valence-electron chi connectivity index (χ2n) is 6.65. The number of carbonyl (C=O) groups is 1. The van der Waals surface area contributed by atoms with Gasteiger partial charge in [0, 0.05) is 44.3 Å². The van der Waals surface area contributed by atoms with E-state index in [1.807, 2.05) is 6.07 Å². The van der Waals surface area contributed by atoms with Gasteiger partial charge >= 0.3 is 0 Å². The minimum Gasteiger partial charge on any atom is -0.370 e. The van der Waals surface area contributed by atoms with Gasteiger partial charge in [-0.1, -0.05) is 12.1 Å². The lowest BCUT2D eigenvalue weighted by molar-refractivity contribution is -0.126. The molecule has 1 fully saturated rings. The van der Waals surface area contributed by atoms with E-state index in [9.17, 15) is 13.2 Å². The molecule has 0 saturated carbocycles. The van der Waals surface area contributed by atoms with E-state index in [0.717, 1.165) is 13.1 Å². The molecule has 6 nitrogen and oxygen atoms in total. The summed E-state index contributed by atoms with van der Waals surface area (Å²) in [6.07, 6.45) is 2.40. The van der Waals surface area contributed by atoms with E-state index in [2.05, 4.69) is 42.3 Å². The Hall–Kier alpha value is -1.60. The third kappa shape index (κ3) is 5.71. The Kier molecular flexibility index (Phi) is 6.84. The molecule has 1 amide bonds. The molecule has 0 bridgehead atoms. The quantitative estimate of drug-likeness (QED) is 0.795. The number of carbonyl (C=O) groups excluding carboxylic acids is 1. The van der Waals surface area contributed by atoms with Crippen molar-refractivity contribution in [1.82, 2.24) is 9.62 Å². The first-order valence-corrected chi connectivity index (χ1v) is 10.7. The zero-order valence-electron chi connectivity index (χ0n) is 15.4. The van der Waals surface area contributed by atoms with Crippen molar-refractivity contribution in [1.29, 1.82) is 0 Å². The second kappa shape index (κ2) is 8.67. The van der Waals surface area contributed by atoms with Gasteiger partial charge in [0.2, 0.25) is 15.9 Å². The van der Waals surface area contributed by atoms with Crippen molar-refractivity contribution >= 4 is 21.6 Å². The first-order chi connectivity index (χ1) is 11.8. The first kappa shape index (κ1) is 19.7. The van der Waals surface area contributed by atoms with E-state index in [1.165, 1.54) is 21.8 Å².